The number of nitrogens with one attached hydrogen (secondary N) is 2. The Kier molecular flexibility index (Phi) is 3.85. The van der Waals surface area contributed by atoms with Crippen molar-refractivity contribution in [3.05, 3.63) is 17.0 Å². The zero-order valence-electron chi connectivity index (χ0n) is 8.50. The monoisotopic (exact) mass is 244 g/mol. The summed E-state index contributed by atoms with van der Waals surface area (Å²) in [6, 6.07) is 0. The predicted octanol–water partition coefficient (Wildman–Crippen LogP) is 3.14. The number of aromatic nitrogens is 1. The maximum atomic E-state index is 3.44. The van der Waals surface area contributed by atoms with Crippen molar-refractivity contribution in [3.63, 3.8) is 0 Å². The molecule has 0 bridgehead atoms. The van der Waals surface area contributed by atoms with Crippen molar-refractivity contribution in [2.24, 2.45) is 0 Å². The Morgan fingerprint density at radius 2 is 1.92 bits per heavy atom. The normalized spacial score (nSPS) is 10.5. The van der Waals surface area contributed by atoms with Gasteiger partial charge in [-0.3, -0.25) is 0 Å². The molecule has 2 nitrogen and oxygen atoms in total. The van der Waals surface area contributed by atoms with Crippen molar-refractivity contribution in [3.8, 4) is 0 Å². The van der Waals surface area contributed by atoms with Gasteiger partial charge in [-0.05, 0) is 32.8 Å². The van der Waals surface area contributed by atoms with E-state index in [1.165, 1.54) is 22.6 Å². The van der Waals surface area contributed by atoms with E-state index in [4.69, 9.17) is 0 Å². The van der Waals surface area contributed by atoms with Gasteiger partial charge < -0.3 is 10.3 Å². The van der Waals surface area contributed by atoms with Crippen LogP contribution >= 0.6 is 15.9 Å². The van der Waals surface area contributed by atoms with Crippen LogP contribution in [0.5, 0.6) is 0 Å². The largest absolute Gasteiger partial charge is 0.383 e. The van der Waals surface area contributed by atoms with E-state index < -0.39 is 0 Å². The fourth-order valence-electron chi connectivity index (χ4n) is 1.45. The maximum Gasteiger partial charge on any atom is 0.0580 e. The molecule has 0 saturated carbocycles. The van der Waals surface area contributed by atoms with Crippen LogP contribution in [0.3, 0.4) is 0 Å². The van der Waals surface area contributed by atoms with E-state index >= 15 is 0 Å². The predicted molar refractivity (Wildman–Crippen MR) is 61.9 cm³/mol. The van der Waals surface area contributed by atoms with Crippen molar-refractivity contribution in [1.82, 2.24) is 4.98 Å². The molecule has 13 heavy (non-hydrogen) atoms. The molecule has 0 amide bonds. The molecule has 2 N–H and O–H groups in total. The van der Waals surface area contributed by atoms with Gasteiger partial charge in [-0.15, -0.1) is 0 Å². The number of aryl methyl sites for hydroxylation is 2. The van der Waals surface area contributed by atoms with E-state index in [1.807, 2.05) is 0 Å². The van der Waals surface area contributed by atoms with Gasteiger partial charge >= 0.3 is 0 Å². The topological polar surface area (TPSA) is 27.8 Å². The molecular weight excluding hydrogens is 228 g/mol. The van der Waals surface area contributed by atoms with Gasteiger partial charge in [0.05, 0.1) is 5.69 Å². The Morgan fingerprint density at radius 1 is 1.23 bits per heavy atom. The minimum absolute atomic E-state index is 1.03. The molecule has 1 heterocycles. The summed E-state index contributed by atoms with van der Waals surface area (Å²) in [6.07, 6.45) is 1.16. The molecule has 74 valence electrons. The highest BCUT2D eigenvalue weighted by molar-refractivity contribution is 9.09. The fraction of sp³-hybridized carbons (Fsp3) is 0.600. The van der Waals surface area contributed by atoms with E-state index in [0.717, 1.165) is 18.3 Å². The second kappa shape index (κ2) is 4.70. The lowest BCUT2D eigenvalue weighted by molar-refractivity contribution is 0.994. The van der Waals surface area contributed by atoms with Crippen molar-refractivity contribution < 1.29 is 0 Å². The van der Waals surface area contributed by atoms with Crippen LogP contribution in [0.25, 0.3) is 0 Å². The number of anilines is 1. The van der Waals surface area contributed by atoms with Crippen LogP contribution in [-0.2, 0) is 0 Å². The molecule has 1 rings (SSSR count). The van der Waals surface area contributed by atoms with Gasteiger partial charge in [-0.1, -0.05) is 15.9 Å². The molecule has 0 saturated heterocycles. The summed E-state index contributed by atoms with van der Waals surface area (Å²) in [4.78, 5) is 3.33. The summed E-state index contributed by atoms with van der Waals surface area (Å²) in [7, 11) is 0. The van der Waals surface area contributed by atoms with Crippen LogP contribution in [0.1, 0.15) is 23.4 Å². The third-order valence-electron chi connectivity index (χ3n) is 2.30. The number of alkyl halides is 1. The molecule has 0 spiro atoms. The molecular formula is C10H17BrN2. The Balaban J connectivity index is 2.64. The van der Waals surface area contributed by atoms with Crippen molar-refractivity contribution in [1.29, 1.82) is 0 Å². The van der Waals surface area contributed by atoms with E-state index in [-0.39, 0.29) is 0 Å². The second-order valence-corrected chi connectivity index (χ2v) is 4.14. The van der Waals surface area contributed by atoms with E-state index in [1.54, 1.807) is 0 Å². The smallest absolute Gasteiger partial charge is 0.0580 e. The minimum Gasteiger partial charge on any atom is -0.383 e. The first kappa shape index (κ1) is 10.6. The number of H-pyrrole nitrogens is 1. The average molecular weight is 245 g/mol. The SMILES string of the molecule is Cc1[nH]c(C)c(NCCCBr)c1C. The number of hydrogen-bond donors (Lipinski definition) is 2. The van der Waals surface area contributed by atoms with Gasteiger partial charge in [0.25, 0.3) is 0 Å². The molecule has 3 heteroatoms. The fourth-order valence-corrected chi connectivity index (χ4v) is 1.73. The van der Waals surface area contributed by atoms with Crippen LogP contribution in [0.4, 0.5) is 5.69 Å². The van der Waals surface area contributed by atoms with Gasteiger partial charge in [-0.2, -0.15) is 0 Å². The van der Waals surface area contributed by atoms with Crippen molar-refractivity contribution in [2.45, 2.75) is 27.2 Å². The minimum atomic E-state index is 1.03. The van der Waals surface area contributed by atoms with Crippen LogP contribution in [0, 0.1) is 20.8 Å². The molecule has 0 unspecified atom stereocenters. The van der Waals surface area contributed by atoms with Crippen LogP contribution in [0.15, 0.2) is 0 Å². The van der Waals surface area contributed by atoms with Gasteiger partial charge in [0.2, 0.25) is 0 Å². The maximum absolute atomic E-state index is 3.44. The number of hydrogen-bond acceptors (Lipinski definition) is 1. The highest BCUT2D eigenvalue weighted by atomic mass is 79.9. The highest BCUT2D eigenvalue weighted by Gasteiger charge is 2.06. The summed E-state index contributed by atoms with van der Waals surface area (Å²) in [6.45, 7) is 7.40. The van der Waals surface area contributed by atoms with Crippen molar-refractivity contribution in [2.75, 3.05) is 17.2 Å². The zero-order valence-corrected chi connectivity index (χ0v) is 10.1. The van der Waals surface area contributed by atoms with Gasteiger partial charge in [0.15, 0.2) is 0 Å². The summed E-state index contributed by atoms with van der Waals surface area (Å²) < 4.78 is 0. The summed E-state index contributed by atoms with van der Waals surface area (Å²) >= 11 is 3.42. The average Bonchev–Trinajstić information content (AvgIpc) is 2.32. The van der Waals surface area contributed by atoms with Crippen LogP contribution in [0.2, 0.25) is 0 Å². The Morgan fingerprint density at radius 3 is 2.38 bits per heavy atom. The number of halogens is 1. The first-order chi connectivity index (χ1) is 6.16. The third kappa shape index (κ3) is 2.50. The Labute approximate surface area is 88.2 Å². The van der Waals surface area contributed by atoms with Crippen LogP contribution < -0.4 is 5.32 Å². The molecule has 0 atom stereocenters. The third-order valence-corrected chi connectivity index (χ3v) is 2.86. The summed E-state index contributed by atoms with van der Waals surface area (Å²) in [5, 5.41) is 4.50. The molecule has 0 radical (unpaired) electrons. The standard InChI is InChI=1S/C10H17BrN2/c1-7-8(2)13-9(3)10(7)12-6-4-5-11/h12-13H,4-6H2,1-3H3. The number of aromatic amines is 1. The second-order valence-electron chi connectivity index (χ2n) is 3.34. The van der Waals surface area contributed by atoms with Gasteiger partial charge in [0, 0.05) is 23.3 Å². The highest BCUT2D eigenvalue weighted by Crippen LogP contribution is 2.22. The Bertz CT molecular complexity index is 279. The first-order valence-corrected chi connectivity index (χ1v) is 5.74. The lowest BCUT2D eigenvalue weighted by Gasteiger charge is -2.05. The quantitative estimate of drug-likeness (QED) is 0.619. The molecule has 0 aliphatic heterocycles. The summed E-state index contributed by atoms with van der Waals surface area (Å²) in [5.74, 6) is 0. The van der Waals surface area contributed by atoms with E-state index in [0.29, 0.717) is 0 Å². The first-order valence-electron chi connectivity index (χ1n) is 4.62. The van der Waals surface area contributed by atoms with Gasteiger partial charge in [-0.25, -0.2) is 0 Å². The van der Waals surface area contributed by atoms with Gasteiger partial charge in [0.1, 0.15) is 0 Å². The lowest BCUT2D eigenvalue weighted by Crippen LogP contribution is -2.03. The van der Waals surface area contributed by atoms with Crippen LogP contribution in [-0.4, -0.2) is 16.9 Å². The van der Waals surface area contributed by atoms with Crippen molar-refractivity contribution >= 4 is 21.6 Å². The van der Waals surface area contributed by atoms with E-state index in [2.05, 4.69) is 47.0 Å². The molecule has 1 aromatic heterocycles. The zero-order chi connectivity index (χ0) is 9.84. The molecule has 0 aliphatic rings. The molecule has 0 fully saturated rings. The van der Waals surface area contributed by atoms with E-state index in [9.17, 15) is 0 Å². The molecule has 0 aromatic carbocycles. The summed E-state index contributed by atoms with van der Waals surface area (Å²) in [5.41, 5.74) is 5.12. The molecule has 0 aliphatic carbocycles. The number of rotatable bonds is 4. The molecule has 1 aromatic rings. The lowest BCUT2D eigenvalue weighted by atomic mass is 10.2. The Hall–Kier alpha value is -0.440.